The Balaban J connectivity index is 0.00000240. The van der Waals surface area contributed by atoms with Gasteiger partial charge in [0.25, 0.3) is 0 Å². The number of carbonyl (C=O) groups excluding carboxylic acids is 1. The van der Waals surface area contributed by atoms with Crippen LogP contribution in [0.15, 0.2) is 30.5 Å². The maximum atomic E-state index is 13.3. The number of quaternary nitrogens is 1. The van der Waals surface area contributed by atoms with Crippen LogP contribution in [0.4, 0.5) is 0 Å². The Morgan fingerprint density at radius 3 is 2.66 bits per heavy atom. The van der Waals surface area contributed by atoms with Crippen LogP contribution in [-0.4, -0.2) is 59.5 Å². The van der Waals surface area contributed by atoms with Crippen LogP contribution in [0.5, 0.6) is 0 Å². The van der Waals surface area contributed by atoms with Gasteiger partial charge in [0.1, 0.15) is 12.0 Å². The van der Waals surface area contributed by atoms with E-state index in [9.17, 15) is 4.79 Å². The van der Waals surface area contributed by atoms with Crippen molar-refractivity contribution < 1.29 is 33.3 Å². The molecule has 2 aromatic rings. The highest BCUT2D eigenvalue weighted by molar-refractivity contribution is 5.99. The third-order valence-electron chi connectivity index (χ3n) is 6.79. The van der Waals surface area contributed by atoms with Gasteiger partial charge in [0.2, 0.25) is 5.91 Å². The van der Waals surface area contributed by atoms with E-state index in [4.69, 9.17) is 0 Å². The Labute approximate surface area is 191 Å². The van der Waals surface area contributed by atoms with E-state index in [1.54, 1.807) is 0 Å². The van der Waals surface area contributed by atoms with Crippen LogP contribution in [0, 0.1) is 11.8 Å². The normalized spacial score (nSPS) is 25.4. The first-order valence-corrected chi connectivity index (χ1v) is 10.8. The van der Waals surface area contributed by atoms with E-state index in [0.29, 0.717) is 12.0 Å². The summed E-state index contributed by atoms with van der Waals surface area (Å²) >= 11 is 0. The molecule has 1 aliphatic heterocycles. The summed E-state index contributed by atoms with van der Waals surface area (Å²) in [6, 6.07) is 6.98. The largest absolute Gasteiger partial charge is 1.00 e. The van der Waals surface area contributed by atoms with Crippen molar-refractivity contribution in [2.24, 2.45) is 11.8 Å². The van der Waals surface area contributed by atoms with Crippen LogP contribution < -0.4 is 24.0 Å². The van der Waals surface area contributed by atoms with E-state index in [0.717, 1.165) is 37.1 Å². The maximum absolute atomic E-state index is 13.3. The molecule has 4 nitrogen and oxygen atoms in total. The van der Waals surface area contributed by atoms with Gasteiger partial charge in [-0.25, -0.2) is 0 Å². The lowest BCUT2D eigenvalue weighted by Gasteiger charge is -2.49. The number of carbonyl (C=O) groups is 1. The zero-order valence-electron chi connectivity index (χ0n) is 18.3. The predicted octanol–water partition coefficient (Wildman–Crippen LogP) is 1.08. The lowest BCUT2D eigenvalue weighted by molar-refractivity contribution is -0.930. The van der Waals surface area contributed by atoms with Gasteiger partial charge < -0.3 is 38.3 Å². The molecule has 29 heavy (non-hydrogen) atoms. The fourth-order valence-corrected chi connectivity index (χ4v) is 5.71. The summed E-state index contributed by atoms with van der Waals surface area (Å²) in [7, 11) is 2.37. The summed E-state index contributed by atoms with van der Waals surface area (Å²) in [5.74, 6) is 0.846. The first-order chi connectivity index (χ1) is 13.4. The lowest BCUT2D eigenvalue weighted by Crippen LogP contribution is -3.00. The molecule has 1 aliphatic carbocycles. The SMILES string of the molecule is CCN(CC)C(=O)[C@@H]1C=C2c3cccc4[nH]cc(c34)C[C@H]2[N+](C)(CC(C)C)C1.[I-]. The molecule has 0 saturated heterocycles. The van der Waals surface area contributed by atoms with Gasteiger partial charge in [-0.1, -0.05) is 32.1 Å². The monoisotopic (exact) mass is 507 g/mol. The molecular formula is C24H34IN3O. The van der Waals surface area contributed by atoms with Gasteiger partial charge in [-0.15, -0.1) is 0 Å². The zero-order valence-corrected chi connectivity index (χ0v) is 20.5. The number of halogens is 1. The average Bonchev–Trinajstić information content (AvgIpc) is 3.07. The molecule has 2 heterocycles. The van der Waals surface area contributed by atoms with Crippen LogP contribution in [0.1, 0.15) is 38.8 Å². The van der Waals surface area contributed by atoms with Gasteiger partial charge in [0.05, 0.1) is 20.1 Å². The molecule has 5 heteroatoms. The fourth-order valence-electron chi connectivity index (χ4n) is 5.71. The van der Waals surface area contributed by atoms with Gasteiger partial charge in [0.15, 0.2) is 0 Å². The Morgan fingerprint density at radius 2 is 2.00 bits per heavy atom. The van der Waals surface area contributed by atoms with E-state index in [2.05, 4.69) is 70.2 Å². The van der Waals surface area contributed by atoms with Crippen LogP contribution in [0.3, 0.4) is 0 Å². The number of nitrogens with zero attached hydrogens (tertiary/aromatic N) is 2. The van der Waals surface area contributed by atoms with Crippen LogP contribution >= 0.6 is 0 Å². The Hall–Kier alpha value is -1.34. The van der Waals surface area contributed by atoms with Crippen molar-refractivity contribution >= 4 is 22.4 Å². The van der Waals surface area contributed by atoms with Gasteiger partial charge in [-0.2, -0.15) is 0 Å². The number of benzene rings is 1. The standard InChI is InChI=1S/C24H34N3O.HI/c1-6-26(7-2)24(28)18-11-20-19-9-8-10-21-23(19)17(13-25-21)12-22(20)27(5,15-18)14-16(3)4;/h8-11,13,16,18,22,25H,6-7,12,14-15H2,1-5H3;1H/q+1;/p-1/t18-,22-,27?;/m1./s1. The van der Waals surface area contributed by atoms with Crippen molar-refractivity contribution in [3.05, 3.63) is 41.6 Å². The predicted molar refractivity (Wildman–Crippen MR) is 116 cm³/mol. The quantitative estimate of drug-likeness (QED) is 0.478. The van der Waals surface area contributed by atoms with Gasteiger partial charge >= 0.3 is 0 Å². The highest BCUT2D eigenvalue weighted by Gasteiger charge is 2.46. The molecule has 0 bridgehead atoms. The third kappa shape index (κ3) is 3.76. The Kier molecular flexibility index (Phi) is 6.49. The lowest BCUT2D eigenvalue weighted by atomic mass is 9.77. The van der Waals surface area contributed by atoms with E-state index in [1.165, 1.54) is 27.6 Å². The average molecular weight is 507 g/mol. The van der Waals surface area contributed by atoms with E-state index in [1.807, 2.05) is 4.90 Å². The second kappa shape index (κ2) is 8.42. The highest BCUT2D eigenvalue weighted by atomic mass is 127. The third-order valence-corrected chi connectivity index (χ3v) is 6.79. The number of H-pyrrole nitrogens is 1. The smallest absolute Gasteiger partial charge is 0.235 e. The summed E-state index contributed by atoms with van der Waals surface area (Å²) in [4.78, 5) is 18.8. The molecule has 1 N–H and O–H groups in total. The molecule has 4 rings (SSSR count). The molecular weight excluding hydrogens is 473 g/mol. The minimum atomic E-state index is -0.0364. The summed E-state index contributed by atoms with van der Waals surface area (Å²) in [6.45, 7) is 12.3. The molecule has 0 fully saturated rings. The summed E-state index contributed by atoms with van der Waals surface area (Å²) in [5.41, 5.74) is 5.35. The zero-order chi connectivity index (χ0) is 20.1. The molecule has 158 valence electrons. The number of aromatic nitrogens is 1. The van der Waals surface area contributed by atoms with Crippen molar-refractivity contribution in [1.29, 1.82) is 0 Å². The van der Waals surface area contributed by atoms with Gasteiger partial charge in [0, 0.05) is 48.1 Å². The first-order valence-electron chi connectivity index (χ1n) is 10.8. The molecule has 2 aliphatic rings. The number of aromatic amines is 1. The van der Waals surface area contributed by atoms with E-state index >= 15 is 0 Å². The Morgan fingerprint density at radius 1 is 1.28 bits per heavy atom. The first kappa shape index (κ1) is 22.3. The van der Waals surface area contributed by atoms with Crippen molar-refractivity contribution in [1.82, 2.24) is 9.88 Å². The summed E-state index contributed by atoms with van der Waals surface area (Å²) < 4.78 is 0.947. The van der Waals surface area contributed by atoms with Crippen molar-refractivity contribution in [2.45, 2.75) is 40.2 Å². The fraction of sp³-hybridized carbons (Fsp3) is 0.542. The van der Waals surface area contributed by atoms with Gasteiger partial charge in [-0.05, 0) is 31.0 Å². The number of hydrogen-bond donors (Lipinski definition) is 1. The molecule has 1 amide bonds. The Bertz CT molecular complexity index is 927. The minimum absolute atomic E-state index is 0. The maximum Gasteiger partial charge on any atom is 0.235 e. The highest BCUT2D eigenvalue weighted by Crippen LogP contribution is 2.44. The number of nitrogens with one attached hydrogen (secondary N) is 1. The summed E-state index contributed by atoms with van der Waals surface area (Å²) in [6.07, 6.45) is 5.56. The van der Waals surface area contributed by atoms with E-state index < -0.39 is 0 Å². The second-order valence-corrected chi connectivity index (χ2v) is 9.24. The summed E-state index contributed by atoms with van der Waals surface area (Å²) in [5, 5.41) is 1.36. The van der Waals surface area contributed by atoms with Crippen molar-refractivity contribution in [3.63, 3.8) is 0 Å². The number of fused-ring (bicyclic) bond motifs is 2. The molecule has 1 aromatic heterocycles. The van der Waals surface area contributed by atoms with Crippen LogP contribution in [-0.2, 0) is 11.2 Å². The molecule has 0 radical (unpaired) electrons. The molecule has 1 aromatic carbocycles. The number of rotatable bonds is 5. The minimum Gasteiger partial charge on any atom is -1.00 e. The van der Waals surface area contributed by atoms with Crippen LogP contribution in [0.2, 0.25) is 0 Å². The number of likely N-dealkylation sites (N-methyl/N-ethyl adjacent to an activating group) is 1. The topological polar surface area (TPSA) is 36.1 Å². The van der Waals surface area contributed by atoms with Crippen molar-refractivity contribution in [2.75, 3.05) is 33.2 Å². The van der Waals surface area contributed by atoms with Gasteiger partial charge in [-0.3, -0.25) is 4.79 Å². The molecule has 1 unspecified atom stereocenters. The van der Waals surface area contributed by atoms with E-state index in [-0.39, 0.29) is 35.8 Å². The number of amides is 1. The number of hydrogen-bond acceptors (Lipinski definition) is 1. The van der Waals surface area contributed by atoms with Crippen molar-refractivity contribution in [3.8, 4) is 0 Å². The second-order valence-electron chi connectivity index (χ2n) is 9.24. The molecule has 0 saturated carbocycles. The van der Waals surface area contributed by atoms with Crippen LogP contribution in [0.25, 0.3) is 16.5 Å². The molecule has 0 spiro atoms. The molecule has 3 atom stereocenters.